The lowest BCUT2D eigenvalue weighted by molar-refractivity contribution is 0.476. The lowest BCUT2D eigenvalue weighted by Crippen LogP contribution is -2.32. The highest BCUT2D eigenvalue weighted by Gasteiger charge is 2.22. The van der Waals surface area contributed by atoms with E-state index in [1.807, 2.05) is 11.8 Å². The van der Waals surface area contributed by atoms with Crippen LogP contribution in [0.15, 0.2) is 12.1 Å². The summed E-state index contributed by atoms with van der Waals surface area (Å²) in [6, 6.07) is 3.87. The van der Waals surface area contributed by atoms with Crippen LogP contribution in [0.1, 0.15) is 19.8 Å². The van der Waals surface area contributed by atoms with Crippen molar-refractivity contribution in [1.29, 1.82) is 0 Å². The second-order valence-corrected chi connectivity index (χ2v) is 6.56. The molecule has 1 aliphatic heterocycles. The first-order chi connectivity index (χ1) is 8.08. The summed E-state index contributed by atoms with van der Waals surface area (Å²) in [4.78, 5) is 0. The van der Waals surface area contributed by atoms with E-state index in [4.69, 9.17) is 23.2 Å². The number of aromatic hydroxyl groups is 1. The van der Waals surface area contributed by atoms with E-state index in [2.05, 4.69) is 12.2 Å². The zero-order valence-corrected chi connectivity index (χ0v) is 11.9. The lowest BCUT2D eigenvalue weighted by Gasteiger charge is -2.30. The van der Waals surface area contributed by atoms with Crippen LogP contribution in [0.5, 0.6) is 5.75 Å². The molecule has 1 heterocycles. The zero-order valence-electron chi connectivity index (χ0n) is 9.54. The normalized spacial score (nSPS) is 24.6. The highest BCUT2D eigenvalue weighted by Crippen LogP contribution is 2.36. The van der Waals surface area contributed by atoms with E-state index >= 15 is 0 Å². The van der Waals surface area contributed by atoms with Crippen LogP contribution in [-0.2, 0) is 0 Å². The number of rotatable bonds is 2. The molecule has 2 nitrogen and oxygen atoms in total. The largest absolute Gasteiger partial charge is 0.505 e. The molecule has 0 aromatic heterocycles. The molecular formula is C12H15Cl2NOS. The third-order valence-electron chi connectivity index (χ3n) is 2.98. The van der Waals surface area contributed by atoms with Crippen molar-refractivity contribution in [2.24, 2.45) is 0 Å². The average Bonchev–Trinajstić information content (AvgIpc) is 2.29. The first-order valence-corrected chi connectivity index (χ1v) is 7.44. The van der Waals surface area contributed by atoms with E-state index in [-0.39, 0.29) is 15.8 Å². The predicted molar refractivity (Wildman–Crippen MR) is 76.7 cm³/mol. The number of anilines is 1. The number of hydrogen-bond acceptors (Lipinski definition) is 3. The maximum Gasteiger partial charge on any atom is 0.152 e. The van der Waals surface area contributed by atoms with Gasteiger partial charge in [-0.1, -0.05) is 30.1 Å². The molecular weight excluding hydrogens is 277 g/mol. The highest BCUT2D eigenvalue weighted by molar-refractivity contribution is 8.00. The minimum Gasteiger partial charge on any atom is -0.505 e. The first-order valence-electron chi connectivity index (χ1n) is 5.64. The van der Waals surface area contributed by atoms with Crippen LogP contribution in [0, 0.1) is 0 Å². The van der Waals surface area contributed by atoms with E-state index in [1.165, 1.54) is 12.2 Å². The Morgan fingerprint density at radius 2 is 2.00 bits per heavy atom. The number of nitrogens with one attached hydrogen (secondary N) is 1. The molecule has 0 radical (unpaired) electrons. The van der Waals surface area contributed by atoms with E-state index in [0.717, 1.165) is 12.1 Å². The van der Waals surface area contributed by atoms with Crippen LogP contribution in [0.4, 0.5) is 5.69 Å². The van der Waals surface area contributed by atoms with Gasteiger partial charge in [0.1, 0.15) is 0 Å². The topological polar surface area (TPSA) is 32.3 Å². The monoisotopic (exact) mass is 291 g/mol. The molecule has 2 unspecified atom stereocenters. The van der Waals surface area contributed by atoms with Crippen LogP contribution >= 0.6 is 35.0 Å². The molecule has 0 spiro atoms. The average molecular weight is 292 g/mol. The molecule has 1 aromatic rings. The maximum absolute atomic E-state index is 9.49. The van der Waals surface area contributed by atoms with Gasteiger partial charge in [0.15, 0.2) is 5.75 Å². The van der Waals surface area contributed by atoms with Crippen molar-refractivity contribution >= 4 is 40.7 Å². The molecule has 0 amide bonds. The lowest BCUT2D eigenvalue weighted by atomic mass is 10.1. The van der Waals surface area contributed by atoms with Crippen molar-refractivity contribution in [3.63, 3.8) is 0 Å². The Bertz CT molecular complexity index is 390. The molecule has 5 heteroatoms. The second kappa shape index (κ2) is 5.59. The minimum atomic E-state index is -0.0510. The third kappa shape index (κ3) is 3.15. The molecule has 2 rings (SSSR count). The Labute approximate surface area is 116 Å². The van der Waals surface area contributed by atoms with Gasteiger partial charge in [-0.3, -0.25) is 0 Å². The van der Waals surface area contributed by atoms with Gasteiger partial charge in [0.25, 0.3) is 0 Å². The number of phenols is 1. The quantitative estimate of drug-likeness (QED) is 0.793. The summed E-state index contributed by atoms with van der Waals surface area (Å²) in [5.41, 5.74) is 0.872. The van der Waals surface area contributed by atoms with Gasteiger partial charge in [-0.25, -0.2) is 0 Å². The van der Waals surface area contributed by atoms with Gasteiger partial charge in [0.05, 0.1) is 10.0 Å². The molecule has 1 saturated heterocycles. The number of thioether (sulfide) groups is 1. The Kier molecular flexibility index (Phi) is 4.34. The molecule has 2 N–H and O–H groups in total. The fraction of sp³-hybridized carbons (Fsp3) is 0.500. The maximum atomic E-state index is 9.49. The van der Waals surface area contributed by atoms with Gasteiger partial charge >= 0.3 is 0 Å². The van der Waals surface area contributed by atoms with Gasteiger partial charge in [0.2, 0.25) is 0 Å². The standard InChI is InChI=1S/C12H15Cl2NOS/c1-7-11(3-2-4-17-7)15-8-5-9(13)12(16)10(14)6-8/h5-7,11,15-16H,2-4H2,1H3. The Balaban J connectivity index is 2.12. The van der Waals surface area contributed by atoms with Crippen LogP contribution in [0.3, 0.4) is 0 Å². The van der Waals surface area contributed by atoms with Crippen molar-refractivity contribution in [3.05, 3.63) is 22.2 Å². The van der Waals surface area contributed by atoms with Crippen molar-refractivity contribution in [2.45, 2.75) is 31.1 Å². The Morgan fingerprint density at radius 1 is 1.35 bits per heavy atom. The van der Waals surface area contributed by atoms with Crippen LogP contribution in [0.25, 0.3) is 0 Å². The molecule has 0 aliphatic carbocycles. The molecule has 1 aliphatic rings. The van der Waals surface area contributed by atoms with E-state index in [9.17, 15) is 5.11 Å². The molecule has 2 atom stereocenters. The number of benzene rings is 1. The van der Waals surface area contributed by atoms with Crippen LogP contribution < -0.4 is 5.32 Å². The molecule has 17 heavy (non-hydrogen) atoms. The SMILES string of the molecule is CC1SCCCC1Nc1cc(Cl)c(O)c(Cl)c1. The summed E-state index contributed by atoms with van der Waals surface area (Å²) in [6.45, 7) is 2.23. The summed E-state index contributed by atoms with van der Waals surface area (Å²) in [5.74, 6) is 1.18. The van der Waals surface area contributed by atoms with Crippen molar-refractivity contribution in [2.75, 3.05) is 11.1 Å². The summed E-state index contributed by atoms with van der Waals surface area (Å²) < 4.78 is 0. The smallest absolute Gasteiger partial charge is 0.152 e. The van der Waals surface area contributed by atoms with Crippen LogP contribution in [-0.4, -0.2) is 22.2 Å². The first kappa shape index (κ1) is 13.2. The summed E-state index contributed by atoms with van der Waals surface area (Å²) >= 11 is 13.8. The Morgan fingerprint density at radius 3 is 2.59 bits per heavy atom. The molecule has 1 aromatic carbocycles. The molecule has 0 bridgehead atoms. The van der Waals surface area contributed by atoms with Gasteiger partial charge in [-0.2, -0.15) is 11.8 Å². The highest BCUT2D eigenvalue weighted by atomic mass is 35.5. The second-order valence-electron chi connectivity index (χ2n) is 4.26. The third-order valence-corrected chi connectivity index (χ3v) is 4.93. The van der Waals surface area contributed by atoms with Gasteiger partial charge < -0.3 is 10.4 Å². The van der Waals surface area contributed by atoms with Crippen molar-refractivity contribution in [1.82, 2.24) is 0 Å². The molecule has 0 saturated carbocycles. The summed E-state index contributed by atoms with van der Waals surface area (Å²) in [6.07, 6.45) is 2.39. The Hall–Kier alpha value is -0.250. The van der Waals surface area contributed by atoms with Gasteiger partial charge in [-0.05, 0) is 30.7 Å². The van der Waals surface area contributed by atoms with Gasteiger partial charge in [0, 0.05) is 17.0 Å². The number of hydrogen-bond donors (Lipinski definition) is 2. The van der Waals surface area contributed by atoms with E-state index < -0.39 is 0 Å². The summed E-state index contributed by atoms with van der Waals surface area (Å²) in [5, 5.41) is 14.1. The molecule has 94 valence electrons. The molecule has 1 fully saturated rings. The fourth-order valence-electron chi connectivity index (χ4n) is 1.98. The number of halogens is 2. The van der Waals surface area contributed by atoms with E-state index in [1.54, 1.807) is 12.1 Å². The zero-order chi connectivity index (χ0) is 12.4. The predicted octanol–water partition coefficient (Wildman–Crippen LogP) is 4.40. The fourth-order valence-corrected chi connectivity index (χ4v) is 3.60. The minimum absolute atomic E-state index is 0.0510. The van der Waals surface area contributed by atoms with Crippen molar-refractivity contribution in [3.8, 4) is 5.75 Å². The van der Waals surface area contributed by atoms with E-state index in [0.29, 0.717) is 11.3 Å². The van der Waals surface area contributed by atoms with Crippen LogP contribution in [0.2, 0.25) is 10.0 Å². The number of phenolic OH excluding ortho intramolecular Hbond substituents is 1. The van der Waals surface area contributed by atoms with Gasteiger partial charge in [-0.15, -0.1) is 0 Å². The van der Waals surface area contributed by atoms with Crippen molar-refractivity contribution < 1.29 is 5.11 Å². The summed E-state index contributed by atoms with van der Waals surface area (Å²) in [7, 11) is 0.